The number of hydrogen-bond donors (Lipinski definition) is 0. The van der Waals surface area contributed by atoms with Gasteiger partial charge in [-0.2, -0.15) is 0 Å². The summed E-state index contributed by atoms with van der Waals surface area (Å²) in [5.74, 6) is 0. The predicted octanol–water partition coefficient (Wildman–Crippen LogP) is 13.4. The third-order valence-corrected chi connectivity index (χ3v) is 11.8. The second-order valence-electron chi connectivity index (χ2n) is 12.0. The first-order valence-electron chi connectivity index (χ1n) is 15.6. The third kappa shape index (κ3) is 3.88. The van der Waals surface area contributed by atoms with Crippen LogP contribution in [0, 0.1) is 6.57 Å². The molecule has 0 atom stereocenters. The lowest BCUT2D eigenvalue weighted by molar-refractivity contribution is 1.20. The molecular weight excluding hydrogens is 609 g/mol. The maximum absolute atomic E-state index is 8.08. The molecule has 0 unspecified atom stereocenters. The molecule has 7 aromatic carbocycles. The van der Waals surface area contributed by atoms with Crippen LogP contribution in [0.25, 0.3) is 94.9 Å². The Morgan fingerprint density at radius 2 is 1.19 bits per heavy atom. The second kappa shape index (κ2) is 10.1. The SMILES string of the molecule is [C-]#[N+]c1ccc(-c2ccc3sc4ccccc4c3c2)c2c1sc1c(-n3c4ccccc4c4cc(-c5ccccc5)ccc43)cccc12. The molecular formula is C43H24N2S2. The summed E-state index contributed by atoms with van der Waals surface area (Å²) in [6, 6.07) is 52.4. The Balaban J connectivity index is 1.25. The van der Waals surface area contributed by atoms with Crippen molar-refractivity contribution in [1.29, 1.82) is 0 Å². The molecule has 0 aliphatic rings. The molecule has 0 spiro atoms. The number of benzene rings is 7. The molecule has 0 N–H and O–H groups in total. The minimum Gasteiger partial charge on any atom is -0.308 e. The molecule has 10 aromatic rings. The zero-order chi connectivity index (χ0) is 31.1. The van der Waals surface area contributed by atoms with Gasteiger partial charge in [-0.25, -0.2) is 4.85 Å². The maximum atomic E-state index is 8.08. The van der Waals surface area contributed by atoms with E-state index in [1.54, 1.807) is 11.3 Å². The monoisotopic (exact) mass is 632 g/mol. The van der Waals surface area contributed by atoms with Crippen molar-refractivity contribution in [2.75, 3.05) is 0 Å². The van der Waals surface area contributed by atoms with Gasteiger partial charge < -0.3 is 4.57 Å². The maximum Gasteiger partial charge on any atom is 0.204 e. The molecule has 218 valence electrons. The van der Waals surface area contributed by atoms with Crippen LogP contribution < -0.4 is 0 Å². The molecule has 0 saturated carbocycles. The summed E-state index contributed by atoms with van der Waals surface area (Å²) in [5.41, 5.74) is 8.97. The lowest BCUT2D eigenvalue weighted by Crippen LogP contribution is -1.93. The van der Waals surface area contributed by atoms with Crippen LogP contribution in [0.3, 0.4) is 0 Å². The van der Waals surface area contributed by atoms with Crippen LogP contribution >= 0.6 is 22.7 Å². The number of nitrogens with zero attached hydrogens (tertiary/aromatic N) is 2. The Morgan fingerprint density at radius 3 is 2.09 bits per heavy atom. The summed E-state index contributed by atoms with van der Waals surface area (Å²) < 4.78 is 7.25. The molecule has 0 fully saturated rings. The van der Waals surface area contributed by atoms with E-state index in [1.165, 1.54) is 74.3 Å². The standard InChI is InChI=1S/C43H24N2S2/c1-44-35-21-20-29(28-19-23-40-34(25-28)31-13-6-8-17-39(31)46-40)41-32-14-9-16-38(42(32)47-43(35)41)45-36-15-7-5-12-30(36)33-24-27(18-22-37(33)45)26-10-3-2-4-11-26/h2-25H. The fraction of sp³-hybridized carbons (Fsp3) is 0. The molecule has 2 nitrogen and oxygen atoms in total. The van der Waals surface area contributed by atoms with Crippen LogP contribution in [0.1, 0.15) is 0 Å². The zero-order valence-corrected chi connectivity index (χ0v) is 26.7. The first-order chi connectivity index (χ1) is 23.3. The summed E-state index contributed by atoms with van der Waals surface area (Å²) in [4.78, 5) is 4.00. The number of thiophene rings is 2. The van der Waals surface area contributed by atoms with Gasteiger partial charge in [-0.1, -0.05) is 103 Å². The second-order valence-corrected chi connectivity index (χ2v) is 14.1. The highest BCUT2D eigenvalue weighted by atomic mass is 32.1. The van der Waals surface area contributed by atoms with Crippen LogP contribution in [0.15, 0.2) is 146 Å². The highest BCUT2D eigenvalue weighted by molar-refractivity contribution is 7.27. The predicted molar refractivity (Wildman–Crippen MR) is 204 cm³/mol. The van der Waals surface area contributed by atoms with Gasteiger partial charge in [0, 0.05) is 41.0 Å². The summed E-state index contributed by atoms with van der Waals surface area (Å²) in [7, 11) is 0. The molecule has 0 bridgehead atoms. The number of hydrogen-bond acceptors (Lipinski definition) is 2. The van der Waals surface area contributed by atoms with Gasteiger partial charge in [0.25, 0.3) is 0 Å². The largest absolute Gasteiger partial charge is 0.308 e. The van der Waals surface area contributed by atoms with E-state index in [0.29, 0.717) is 5.69 Å². The van der Waals surface area contributed by atoms with Gasteiger partial charge in [0.2, 0.25) is 5.69 Å². The first-order valence-corrected chi connectivity index (χ1v) is 17.3. The van der Waals surface area contributed by atoms with E-state index >= 15 is 0 Å². The van der Waals surface area contributed by atoms with E-state index in [0.717, 1.165) is 15.8 Å². The van der Waals surface area contributed by atoms with Crippen molar-refractivity contribution in [3.05, 3.63) is 157 Å². The van der Waals surface area contributed by atoms with E-state index in [4.69, 9.17) is 6.57 Å². The molecule has 0 radical (unpaired) electrons. The van der Waals surface area contributed by atoms with Crippen LogP contribution in [-0.4, -0.2) is 4.57 Å². The average Bonchev–Trinajstić information content (AvgIpc) is 3.81. The van der Waals surface area contributed by atoms with Crippen LogP contribution in [-0.2, 0) is 0 Å². The van der Waals surface area contributed by atoms with Gasteiger partial charge in [-0.15, -0.1) is 22.7 Å². The summed E-state index contributed by atoms with van der Waals surface area (Å²) in [6.07, 6.45) is 0. The van der Waals surface area contributed by atoms with E-state index in [2.05, 4.69) is 149 Å². The first kappa shape index (κ1) is 26.5. The van der Waals surface area contributed by atoms with Crippen molar-refractivity contribution in [2.24, 2.45) is 0 Å². The van der Waals surface area contributed by atoms with E-state index in [-0.39, 0.29) is 0 Å². The zero-order valence-electron chi connectivity index (χ0n) is 25.1. The van der Waals surface area contributed by atoms with E-state index in [9.17, 15) is 0 Å². The smallest absolute Gasteiger partial charge is 0.204 e. The quantitative estimate of drug-likeness (QED) is 0.171. The highest BCUT2D eigenvalue weighted by Crippen LogP contribution is 2.48. The fourth-order valence-electron chi connectivity index (χ4n) is 7.31. The highest BCUT2D eigenvalue weighted by Gasteiger charge is 2.20. The normalized spacial score (nSPS) is 11.8. The van der Waals surface area contributed by atoms with Gasteiger partial charge in [0.15, 0.2) is 0 Å². The van der Waals surface area contributed by atoms with Crippen molar-refractivity contribution in [3.8, 4) is 27.9 Å². The molecule has 0 aliphatic heterocycles. The van der Waals surface area contributed by atoms with Crippen molar-refractivity contribution >= 4 is 90.5 Å². The minimum atomic E-state index is 0.702. The third-order valence-electron chi connectivity index (χ3n) is 9.43. The Morgan fingerprint density at radius 1 is 0.468 bits per heavy atom. The van der Waals surface area contributed by atoms with Crippen LogP contribution in [0.4, 0.5) is 5.69 Å². The molecule has 3 aromatic heterocycles. The van der Waals surface area contributed by atoms with Crippen molar-refractivity contribution in [3.63, 3.8) is 0 Å². The summed E-state index contributed by atoms with van der Waals surface area (Å²) >= 11 is 3.58. The number of rotatable bonds is 3. The van der Waals surface area contributed by atoms with Gasteiger partial charge in [-0.3, -0.25) is 0 Å². The Bertz CT molecular complexity index is 2920. The minimum absolute atomic E-state index is 0.702. The van der Waals surface area contributed by atoms with E-state index < -0.39 is 0 Å². The van der Waals surface area contributed by atoms with Crippen LogP contribution in [0.2, 0.25) is 0 Å². The van der Waals surface area contributed by atoms with Gasteiger partial charge in [0.05, 0.1) is 28.0 Å². The number of aromatic nitrogens is 1. The molecule has 3 heterocycles. The Kier molecular flexibility index (Phi) is 5.71. The molecule has 0 aliphatic carbocycles. The molecule has 47 heavy (non-hydrogen) atoms. The van der Waals surface area contributed by atoms with Gasteiger partial charge >= 0.3 is 0 Å². The average molecular weight is 633 g/mol. The lowest BCUT2D eigenvalue weighted by Gasteiger charge is -2.10. The van der Waals surface area contributed by atoms with Crippen LogP contribution in [0.5, 0.6) is 0 Å². The van der Waals surface area contributed by atoms with Gasteiger partial charge in [-0.05, 0) is 70.1 Å². The molecule has 0 saturated heterocycles. The van der Waals surface area contributed by atoms with Crippen molar-refractivity contribution in [2.45, 2.75) is 0 Å². The van der Waals surface area contributed by atoms with Crippen molar-refractivity contribution in [1.82, 2.24) is 4.57 Å². The number of para-hydroxylation sites is 1. The topological polar surface area (TPSA) is 9.29 Å². The summed E-state index contributed by atoms with van der Waals surface area (Å²) in [5, 5.41) is 7.39. The molecule has 4 heteroatoms. The Hall–Kier alpha value is -5.73. The lowest BCUT2D eigenvalue weighted by atomic mass is 9.97. The fourth-order valence-corrected chi connectivity index (χ4v) is 9.69. The van der Waals surface area contributed by atoms with E-state index in [1.807, 2.05) is 17.4 Å². The van der Waals surface area contributed by atoms with Crippen molar-refractivity contribution < 1.29 is 0 Å². The van der Waals surface area contributed by atoms with Gasteiger partial charge in [0.1, 0.15) is 0 Å². The molecule has 0 amide bonds. The summed E-state index contributed by atoms with van der Waals surface area (Å²) in [6.45, 7) is 8.08. The Labute approximate surface area is 278 Å². The number of fused-ring (bicyclic) bond motifs is 9. The molecule has 10 rings (SSSR count).